The van der Waals surface area contributed by atoms with Crippen LogP contribution in [-0.4, -0.2) is 57.4 Å². The topological polar surface area (TPSA) is 36.7 Å². The van der Waals surface area contributed by atoms with E-state index in [0.717, 1.165) is 60.9 Å². The van der Waals surface area contributed by atoms with Gasteiger partial charge < -0.3 is 4.90 Å². The number of imidazole rings is 1. The van der Waals surface area contributed by atoms with E-state index >= 15 is 0 Å². The summed E-state index contributed by atoms with van der Waals surface area (Å²) in [6.07, 6.45) is 5.95. The highest BCUT2D eigenvalue weighted by molar-refractivity contribution is 5.73. The number of rotatable bonds is 5. The van der Waals surface area contributed by atoms with Crippen LogP contribution in [0.3, 0.4) is 0 Å². The maximum Gasteiger partial charge on any atom is 0.137 e. The lowest BCUT2D eigenvalue weighted by Gasteiger charge is -2.32. The zero-order valence-electron chi connectivity index (χ0n) is 20.0. The van der Waals surface area contributed by atoms with Crippen molar-refractivity contribution in [1.29, 1.82) is 0 Å². The molecule has 5 aromatic rings. The lowest BCUT2D eigenvalue weighted by Crippen LogP contribution is -2.43. The van der Waals surface area contributed by atoms with Crippen LogP contribution in [0.5, 0.6) is 0 Å². The molecule has 174 valence electrons. The van der Waals surface area contributed by atoms with Gasteiger partial charge in [-0.3, -0.25) is 14.3 Å². The fourth-order valence-corrected chi connectivity index (χ4v) is 4.84. The van der Waals surface area contributed by atoms with Crippen molar-refractivity contribution in [1.82, 2.24) is 24.2 Å². The molecule has 3 aromatic heterocycles. The van der Waals surface area contributed by atoms with Gasteiger partial charge in [-0.2, -0.15) is 0 Å². The van der Waals surface area contributed by atoms with Gasteiger partial charge in [-0.15, -0.1) is 0 Å². The summed E-state index contributed by atoms with van der Waals surface area (Å²) in [5, 5.41) is 0. The number of aromatic nitrogens is 3. The third-order valence-electron chi connectivity index (χ3n) is 6.90. The molecule has 1 aliphatic heterocycles. The smallest absolute Gasteiger partial charge is 0.137 e. The molecule has 0 unspecified atom stereocenters. The molecular weight excluding hydrogens is 430 g/mol. The standard InChI is InChI=1S/C30H29N5/c1-33-14-16-34(17-15-33)22-23-6-5-9-25(18-23)26-11-13-35-29(21-32-30(35)20-26)27-10-12-31-28(19-27)24-7-3-2-4-8-24/h2-13,18-21H,14-17,22H2,1H3. The van der Waals surface area contributed by atoms with Crippen LogP contribution in [0.4, 0.5) is 0 Å². The Kier molecular flexibility index (Phi) is 5.86. The van der Waals surface area contributed by atoms with E-state index in [2.05, 4.69) is 87.0 Å². The second-order valence-electron chi connectivity index (χ2n) is 9.36. The Morgan fingerprint density at radius 1 is 0.714 bits per heavy atom. The number of pyridine rings is 2. The monoisotopic (exact) mass is 459 g/mol. The number of likely N-dealkylation sites (N-methyl/N-ethyl adjacent to an activating group) is 1. The first-order valence-electron chi connectivity index (χ1n) is 12.2. The van der Waals surface area contributed by atoms with Crippen molar-refractivity contribution in [3.63, 3.8) is 0 Å². The van der Waals surface area contributed by atoms with Crippen LogP contribution in [0.15, 0.2) is 97.5 Å². The SMILES string of the molecule is CN1CCN(Cc2cccc(-c3ccn4c(-c5ccnc(-c6ccccc6)c5)cnc4c3)c2)CC1. The van der Waals surface area contributed by atoms with Crippen molar-refractivity contribution in [2.75, 3.05) is 33.2 Å². The molecule has 0 aliphatic carbocycles. The van der Waals surface area contributed by atoms with Crippen LogP contribution in [0.25, 0.3) is 39.3 Å². The van der Waals surface area contributed by atoms with Crippen LogP contribution in [-0.2, 0) is 6.54 Å². The van der Waals surface area contributed by atoms with Crippen molar-refractivity contribution in [3.05, 3.63) is 103 Å². The highest BCUT2D eigenvalue weighted by Crippen LogP contribution is 2.28. The predicted molar refractivity (Wildman–Crippen MR) is 142 cm³/mol. The highest BCUT2D eigenvalue weighted by Gasteiger charge is 2.14. The number of benzene rings is 2. The fraction of sp³-hybridized carbons (Fsp3) is 0.200. The molecule has 0 saturated carbocycles. The Bertz CT molecular complexity index is 1450. The molecule has 4 heterocycles. The molecule has 5 nitrogen and oxygen atoms in total. The molecular formula is C30H29N5. The van der Waals surface area contributed by atoms with Gasteiger partial charge in [-0.05, 0) is 54.1 Å². The first-order valence-corrected chi connectivity index (χ1v) is 12.2. The van der Waals surface area contributed by atoms with E-state index in [1.54, 1.807) is 0 Å². The molecule has 0 amide bonds. The van der Waals surface area contributed by atoms with Crippen LogP contribution < -0.4 is 0 Å². The van der Waals surface area contributed by atoms with Crippen molar-refractivity contribution in [2.45, 2.75) is 6.54 Å². The minimum atomic E-state index is 0.944. The second-order valence-corrected chi connectivity index (χ2v) is 9.36. The summed E-state index contributed by atoms with van der Waals surface area (Å²) in [4.78, 5) is 14.2. The molecule has 0 atom stereocenters. The van der Waals surface area contributed by atoms with E-state index < -0.39 is 0 Å². The number of piperazine rings is 1. The molecule has 1 fully saturated rings. The normalized spacial score (nSPS) is 15.0. The molecule has 2 aromatic carbocycles. The minimum Gasteiger partial charge on any atom is -0.304 e. The van der Waals surface area contributed by atoms with Gasteiger partial charge in [0.1, 0.15) is 5.65 Å². The Labute approximate surface area is 206 Å². The number of nitrogens with zero attached hydrogens (tertiary/aromatic N) is 5. The number of fused-ring (bicyclic) bond motifs is 1. The van der Waals surface area contributed by atoms with E-state index in [0.29, 0.717) is 0 Å². The van der Waals surface area contributed by atoms with E-state index in [-0.39, 0.29) is 0 Å². The summed E-state index contributed by atoms with van der Waals surface area (Å²) in [6, 6.07) is 27.8. The summed E-state index contributed by atoms with van der Waals surface area (Å²) in [6.45, 7) is 5.55. The Balaban J connectivity index is 1.27. The largest absolute Gasteiger partial charge is 0.304 e. The van der Waals surface area contributed by atoms with Gasteiger partial charge in [0.05, 0.1) is 17.6 Å². The maximum atomic E-state index is 4.74. The lowest BCUT2D eigenvalue weighted by molar-refractivity contribution is 0.148. The van der Waals surface area contributed by atoms with Gasteiger partial charge in [-0.1, -0.05) is 48.5 Å². The molecule has 35 heavy (non-hydrogen) atoms. The lowest BCUT2D eigenvalue weighted by atomic mass is 10.0. The van der Waals surface area contributed by atoms with Crippen molar-refractivity contribution in [3.8, 4) is 33.6 Å². The van der Waals surface area contributed by atoms with Gasteiger partial charge in [0, 0.05) is 56.2 Å². The third kappa shape index (κ3) is 4.61. The van der Waals surface area contributed by atoms with Gasteiger partial charge in [0.25, 0.3) is 0 Å². The molecule has 0 spiro atoms. The molecule has 1 aliphatic rings. The van der Waals surface area contributed by atoms with Gasteiger partial charge in [-0.25, -0.2) is 4.98 Å². The van der Waals surface area contributed by atoms with Gasteiger partial charge >= 0.3 is 0 Å². The molecule has 1 saturated heterocycles. The minimum absolute atomic E-state index is 0.944. The van der Waals surface area contributed by atoms with Gasteiger partial charge in [0.2, 0.25) is 0 Å². The summed E-state index contributed by atoms with van der Waals surface area (Å²) in [7, 11) is 2.20. The highest BCUT2D eigenvalue weighted by atomic mass is 15.2. The summed E-state index contributed by atoms with van der Waals surface area (Å²) in [5.41, 5.74) is 8.98. The molecule has 0 N–H and O–H groups in total. The molecule has 6 rings (SSSR count). The zero-order valence-corrected chi connectivity index (χ0v) is 20.0. The van der Waals surface area contributed by atoms with E-state index in [1.165, 1.54) is 16.7 Å². The first kappa shape index (κ1) is 21.7. The Morgan fingerprint density at radius 3 is 2.37 bits per heavy atom. The zero-order chi connectivity index (χ0) is 23.6. The molecule has 5 heteroatoms. The average Bonchev–Trinajstić information content (AvgIpc) is 3.34. The average molecular weight is 460 g/mol. The second kappa shape index (κ2) is 9.45. The molecule has 0 radical (unpaired) electrons. The van der Waals surface area contributed by atoms with Crippen LogP contribution in [0, 0.1) is 0 Å². The predicted octanol–water partition coefficient (Wildman–Crippen LogP) is 5.48. The van der Waals surface area contributed by atoms with Crippen LogP contribution >= 0.6 is 0 Å². The third-order valence-corrected chi connectivity index (χ3v) is 6.90. The first-order chi connectivity index (χ1) is 17.2. The van der Waals surface area contributed by atoms with Gasteiger partial charge in [0.15, 0.2) is 0 Å². The van der Waals surface area contributed by atoms with Crippen molar-refractivity contribution < 1.29 is 0 Å². The van der Waals surface area contributed by atoms with Crippen molar-refractivity contribution >= 4 is 5.65 Å². The Hall–Kier alpha value is -3.80. The van der Waals surface area contributed by atoms with Crippen molar-refractivity contribution in [2.24, 2.45) is 0 Å². The van der Waals surface area contributed by atoms with E-state index in [1.807, 2.05) is 36.7 Å². The molecule has 0 bridgehead atoms. The fourth-order valence-electron chi connectivity index (χ4n) is 4.84. The Morgan fingerprint density at radius 2 is 1.51 bits per heavy atom. The summed E-state index contributed by atoms with van der Waals surface area (Å²) in [5.74, 6) is 0. The number of hydrogen-bond donors (Lipinski definition) is 0. The summed E-state index contributed by atoms with van der Waals surface area (Å²) < 4.78 is 2.15. The number of hydrogen-bond acceptors (Lipinski definition) is 4. The van der Waals surface area contributed by atoms with E-state index in [4.69, 9.17) is 4.98 Å². The maximum absolute atomic E-state index is 4.74. The quantitative estimate of drug-likeness (QED) is 0.349. The summed E-state index contributed by atoms with van der Waals surface area (Å²) >= 11 is 0. The van der Waals surface area contributed by atoms with E-state index in [9.17, 15) is 0 Å². The van der Waals surface area contributed by atoms with Crippen LogP contribution in [0.1, 0.15) is 5.56 Å². The van der Waals surface area contributed by atoms with Crippen LogP contribution in [0.2, 0.25) is 0 Å².